The lowest BCUT2D eigenvalue weighted by Crippen LogP contribution is -2.14. The molecule has 5 heteroatoms. The monoisotopic (exact) mass is 411 g/mol. The molecular formula is C24H42FNO3. The number of aryl methyl sites for hydroxylation is 1. The molecule has 29 heavy (non-hydrogen) atoms. The van der Waals surface area contributed by atoms with Crippen molar-refractivity contribution in [3.05, 3.63) is 24.0 Å². The van der Waals surface area contributed by atoms with Crippen LogP contribution in [0, 0.1) is 0 Å². The van der Waals surface area contributed by atoms with Gasteiger partial charge in [0.05, 0.1) is 6.61 Å². The highest BCUT2D eigenvalue weighted by atomic mass is 19.1. The van der Waals surface area contributed by atoms with Gasteiger partial charge in [-0.25, -0.2) is 9.18 Å². The summed E-state index contributed by atoms with van der Waals surface area (Å²) in [4.78, 5) is 12.2. The summed E-state index contributed by atoms with van der Waals surface area (Å²) in [5.74, 6) is -0.337. The van der Waals surface area contributed by atoms with Gasteiger partial charge in [0, 0.05) is 19.3 Å². The molecule has 1 rings (SSSR count). The highest BCUT2D eigenvalue weighted by Crippen LogP contribution is 2.15. The van der Waals surface area contributed by atoms with Crippen LogP contribution in [0.4, 0.5) is 4.39 Å². The number of unbranched alkanes of at least 4 members (excludes halogenated alkanes) is 10. The Kier molecular flexibility index (Phi) is 15.5. The van der Waals surface area contributed by atoms with Gasteiger partial charge in [0.25, 0.3) is 0 Å². The highest BCUT2D eigenvalue weighted by molar-refractivity contribution is 5.87. The Labute approximate surface area is 176 Å². The minimum Gasteiger partial charge on any atom is -0.461 e. The lowest BCUT2D eigenvalue weighted by Gasteiger charge is -2.12. The first-order valence-corrected chi connectivity index (χ1v) is 11.8. The van der Waals surface area contributed by atoms with Crippen LogP contribution in [0.25, 0.3) is 0 Å². The molecule has 0 bridgehead atoms. The first kappa shape index (κ1) is 25.7. The zero-order valence-electron chi connectivity index (χ0n) is 18.4. The van der Waals surface area contributed by atoms with Crippen molar-refractivity contribution < 1.29 is 19.0 Å². The molecule has 1 aromatic rings. The van der Waals surface area contributed by atoms with Gasteiger partial charge in [-0.15, -0.1) is 0 Å². The Hall–Kier alpha value is -1.36. The van der Waals surface area contributed by atoms with E-state index in [1.54, 1.807) is 10.6 Å². The van der Waals surface area contributed by atoms with Crippen LogP contribution in [0.3, 0.4) is 0 Å². The van der Waals surface area contributed by atoms with Gasteiger partial charge in [0.1, 0.15) is 11.9 Å². The molecule has 1 heterocycles. The van der Waals surface area contributed by atoms with E-state index in [9.17, 15) is 9.18 Å². The highest BCUT2D eigenvalue weighted by Gasteiger charge is 2.14. The van der Waals surface area contributed by atoms with Crippen molar-refractivity contribution in [2.45, 2.75) is 110 Å². The quantitative estimate of drug-likeness (QED) is 0.210. The van der Waals surface area contributed by atoms with E-state index in [4.69, 9.17) is 9.84 Å². The second-order valence-electron chi connectivity index (χ2n) is 8.01. The van der Waals surface area contributed by atoms with E-state index in [-0.39, 0.29) is 12.6 Å². The molecule has 0 spiro atoms. The third-order valence-electron chi connectivity index (χ3n) is 5.38. The zero-order valence-corrected chi connectivity index (χ0v) is 18.4. The molecule has 0 aromatic carbocycles. The lowest BCUT2D eigenvalue weighted by molar-refractivity contribution is 0.0483. The minimum atomic E-state index is -0.812. The molecule has 168 valence electrons. The summed E-state index contributed by atoms with van der Waals surface area (Å²) < 4.78 is 21.3. The number of ether oxygens (including phenoxy) is 1. The van der Waals surface area contributed by atoms with Crippen LogP contribution in [0.2, 0.25) is 0 Å². The Morgan fingerprint density at radius 2 is 1.66 bits per heavy atom. The molecule has 0 aliphatic heterocycles. The number of nitrogens with zero attached hydrogens (tertiary/aromatic N) is 1. The van der Waals surface area contributed by atoms with Crippen LogP contribution in [0.1, 0.15) is 107 Å². The molecular weight excluding hydrogens is 369 g/mol. The third-order valence-corrected chi connectivity index (χ3v) is 5.38. The Balaban J connectivity index is 2.15. The van der Waals surface area contributed by atoms with Crippen molar-refractivity contribution in [1.82, 2.24) is 4.57 Å². The molecule has 0 saturated carbocycles. The Bertz CT molecular complexity index is 518. The van der Waals surface area contributed by atoms with Crippen molar-refractivity contribution >= 4 is 5.97 Å². The van der Waals surface area contributed by atoms with Gasteiger partial charge in [-0.1, -0.05) is 64.7 Å². The van der Waals surface area contributed by atoms with E-state index in [2.05, 4.69) is 6.92 Å². The summed E-state index contributed by atoms with van der Waals surface area (Å²) >= 11 is 0. The lowest BCUT2D eigenvalue weighted by atomic mass is 10.1. The standard InChI is InChI=1S/C24H42FNO3/c1-2-3-4-5-6-7-8-11-15-22(25)17-19-26-18-14-16-23(26)24(28)29-21-13-10-9-12-20-27/h14,16,18,22,27H,2-13,15,17,19-21H2,1H3. The van der Waals surface area contributed by atoms with Crippen LogP contribution >= 0.6 is 0 Å². The van der Waals surface area contributed by atoms with E-state index in [0.717, 1.165) is 38.5 Å². The van der Waals surface area contributed by atoms with Gasteiger partial charge in [-0.05, 0) is 44.2 Å². The maximum absolute atomic E-state index is 14.2. The fourth-order valence-electron chi connectivity index (χ4n) is 3.52. The summed E-state index contributed by atoms with van der Waals surface area (Å²) in [6.07, 6.45) is 15.3. The first-order chi connectivity index (χ1) is 14.2. The largest absolute Gasteiger partial charge is 0.461 e. The number of aromatic nitrogens is 1. The molecule has 1 N–H and O–H groups in total. The van der Waals surface area contributed by atoms with Gasteiger partial charge in [0.15, 0.2) is 0 Å². The summed E-state index contributed by atoms with van der Waals surface area (Å²) in [5, 5.41) is 8.75. The number of hydrogen-bond acceptors (Lipinski definition) is 3. The zero-order chi connectivity index (χ0) is 21.2. The number of carbonyl (C=O) groups excluding carboxylic acids is 1. The normalized spacial score (nSPS) is 12.2. The summed E-state index contributed by atoms with van der Waals surface area (Å²) in [5.41, 5.74) is 0.500. The third kappa shape index (κ3) is 12.7. The molecule has 1 aromatic heterocycles. The number of aliphatic hydroxyl groups is 1. The summed E-state index contributed by atoms with van der Waals surface area (Å²) in [7, 11) is 0. The number of alkyl halides is 1. The van der Waals surface area contributed by atoms with E-state index < -0.39 is 6.17 Å². The smallest absolute Gasteiger partial charge is 0.354 e. The maximum Gasteiger partial charge on any atom is 0.354 e. The van der Waals surface area contributed by atoms with Crippen molar-refractivity contribution in [3.63, 3.8) is 0 Å². The molecule has 0 aliphatic rings. The van der Waals surface area contributed by atoms with Crippen molar-refractivity contribution in [1.29, 1.82) is 0 Å². The minimum absolute atomic E-state index is 0.210. The van der Waals surface area contributed by atoms with E-state index in [1.165, 1.54) is 38.5 Å². The van der Waals surface area contributed by atoms with Gasteiger partial charge < -0.3 is 14.4 Å². The predicted molar refractivity (Wildman–Crippen MR) is 117 cm³/mol. The SMILES string of the molecule is CCCCCCCCCCC(F)CCn1cccc1C(=O)OCCCCCCO. The molecule has 1 atom stereocenters. The molecule has 0 aliphatic carbocycles. The second kappa shape index (κ2) is 17.5. The Morgan fingerprint density at radius 1 is 1.00 bits per heavy atom. The summed E-state index contributed by atoms with van der Waals surface area (Å²) in [6, 6.07) is 3.55. The van der Waals surface area contributed by atoms with Gasteiger partial charge in [-0.3, -0.25) is 0 Å². The number of halogens is 1. The van der Waals surface area contributed by atoms with Crippen LogP contribution < -0.4 is 0 Å². The molecule has 0 radical (unpaired) electrons. The van der Waals surface area contributed by atoms with Crippen LogP contribution in [0.15, 0.2) is 18.3 Å². The van der Waals surface area contributed by atoms with Gasteiger partial charge >= 0.3 is 5.97 Å². The number of aliphatic hydroxyl groups excluding tert-OH is 1. The first-order valence-electron chi connectivity index (χ1n) is 11.8. The van der Waals surface area contributed by atoms with Crippen LogP contribution in [-0.4, -0.2) is 35.0 Å². The number of esters is 1. The fraction of sp³-hybridized carbons (Fsp3) is 0.792. The average molecular weight is 412 g/mol. The van der Waals surface area contributed by atoms with E-state index >= 15 is 0 Å². The molecule has 0 fully saturated rings. The summed E-state index contributed by atoms with van der Waals surface area (Å²) in [6.45, 7) is 3.33. The van der Waals surface area contributed by atoms with Crippen molar-refractivity contribution in [2.24, 2.45) is 0 Å². The van der Waals surface area contributed by atoms with Crippen molar-refractivity contribution in [2.75, 3.05) is 13.2 Å². The number of hydrogen-bond donors (Lipinski definition) is 1. The van der Waals surface area contributed by atoms with Gasteiger partial charge in [0.2, 0.25) is 0 Å². The Morgan fingerprint density at radius 3 is 2.38 bits per heavy atom. The molecule has 4 nitrogen and oxygen atoms in total. The number of rotatable bonds is 19. The van der Waals surface area contributed by atoms with E-state index in [0.29, 0.717) is 31.7 Å². The second-order valence-corrected chi connectivity index (χ2v) is 8.01. The fourth-order valence-corrected chi connectivity index (χ4v) is 3.52. The molecule has 1 unspecified atom stereocenters. The van der Waals surface area contributed by atoms with E-state index in [1.807, 2.05) is 12.3 Å². The predicted octanol–water partition coefficient (Wildman–Crippen LogP) is 6.46. The van der Waals surface area contributed by atoms with Crippen molar-refractivity contribution in [3.8, 4) is 0 Å². The topological polar surface area (TPSA) is 51.5 Å². The maximum atomic E-state index is 14.2. The average Bonchev–Trinajstić information content (AvgIpc) is 3.19. The van der Waals surface area contributed by atoms with Gasteiger partial charge in [-0.2, -0.15) is 0 Å². The molecule has 0 saturated heterocycles. The van der Waals surface area contributed by atoms with Crippen LogP contribution in [-0.2, 0) is 11.3 Å². The molecule has 0 amide bonds. The van der Waals surface area contributed by atoms with Crippen LogP contribution in [0.5, 0.6) is 0 Å². The number of carbonyl (C=O) groups is 1.